The van der Waals surface area contributed by atoms with Crippen LogP contribution in [0.15, 0.2) is 35.6 Å². The Morgan fingerprint density at radius 1 is 1.42 bits per heavy atom. The maximum atomic E-state index is 11.6. The number of rotatable bonds is 3. The molecular weight excluding hydrogens is 287 g/mol. The van der Waals surface area contributed by atoms with E-state index >= 15 is 0 Å². The average molecular weight is 297 g/mol. The quantitative estimate of drug-likeness (QED) is 0.699. The molecule has 0 saturated carbocycles. The second kappa shape index (κ2) is 5.86. The van der Waals surface area contributed by atoms with E-state index in [-0.39, 0.29) is 5.91 Å². The molecule has 0 radical (unpaired) electrons. The zero-order valence-electron chi connectivity index (χ0n) is 9.97. The zero-order chi connectivity index (χ0) is 13.8. The number of carbonyl (C=O) groups is 1. The van der Waals surface area contributed by atoms with Crippen molar-refractivity contribution in [3.05, 3.63) is 51.8 Å². The van der Waals surface area contributed by atoms with Crippen molar-refractivity contribution >= 4 is 35.3 Å². The summed E-state index contributed by atoms with van der Waals surface area (Å²) in [6, 6.07) is 6.60. The number of benzene rings is 1. The Labute approximate surface area is 119 Å². The monoisotopic (exact) mass is 296 g/mol. The number of nitrogens with zero attached hydrogens (tertiary/aromatic N) is 3. The predicted octanol–water partition coefficient (Wildman–Crippen LogP) is 2.49. The van der Waals surface area contributed by atoms with Gasteiger partial charge in [-0.05, 0) is 18.2 Å². The van der Waals surface area contributed by atoms with Crippen LogP contribution in [0.25, 0.3) is 0 Å². The highest BCUT2D eigenvalue weighted by Gasteiger charge is 2.06. The van der Waals surface area contributed by atoms with Gasteiger partial charge in [-0.25, -0.2) is 5.43 Å². The maximum Gasteiger partial charge on any atom is 0.291 e. The lowest BCUT2D eigenvalue weighted by molar-refractivity contribution is 0.0949. The van der Waals surface area contributed by atoms with Crippen molar-refractivity contribution in [2.24, 2.45) is 12.1 Å². The smallest absolute Gasteiger partial charge is 0.275 e. The summed E-state index contributed by atoms with van der Waals surface area (Å²) in [5.41, 5.74) is 3.32. The van der Waals surface area contributed by atoms with Crippen molar-refractivity contribution in [2.45, 2.75) is 0 Å². The molecule has 0 unspecified atom stereocenters. The molecule has 5 nitrogen and oxygen atoms in total. The van der Waals surface area contributed by atoms with Crippen LogP contribution in [0, 0.1) is 0 Å². The first-order valence-corrected chi connectivity index (χ1v) is 6.10. The lowest BCUT2D eigenvalue weighted by Gasteiger charge is -1.98. The third kappa shape index (κ3) is 3.56. The van der Waals surface area contributed by atoms with E-state index < -0.39 is 0 Å². The molecular formula is C12H10Cl2N4O. The number of halogens is 2. The molecule has 0 bridgehead atoms. The summed E-state index contributed by atoms with van der Waals surface area (Å²) in [6.45, 7) is 0. The highest BCUT2D eigenvalue weighted by molar-refractivity contribution is 6.36. The van der Waals surface area contributed by atoms with Crippen LogP contribution < -0.4 is 5.43 Å². The first kappa shape index (κ1) is 13.6. The molecule has 1 heterocycles. The second-order valence-electron chi connectivity index (χ2n) is 3.74. The summed E-state index contributed by atoms with van der Waals surface area (Å²) in [4.78, 5) is 11.6. The molecule has 1 N–H and O–H groups in total. The third-order valence-corrected chi connectivity index (χ3v) is 2.84. The number of amides is 1. The summed E-state index contributed by atoms with van der Waals surface area (Å²) in [5, 5.41) is 8.77. The molecule has 19 heavy (non-hydrogen) atoms. The van der Waals surface area contributed by atoms with Crippen molar-refractivity contribution in [2.75, 3.05) is 0 Å². The molecule has 0 spiro atoms. The Kier molecular flexibility index (Phi) is 4.19. The van der Waals surface area contributed by atoms with Crippen molar-refractivity contribution in [3.63, 3.8) is 0 Å². The topological polar surface area (TPSA) is 59.3 Å². The Balaban J connectivity index is 2.02. The van der Waals surface area contributed by atoms with E-state index in [1.165, 1.54) is 10.9 Å². The molecule has 7 heteroatoms. The second-order valence-corrected chi connectivity index (χ2v) is 4.58. The molecule has 98 valence electrons. The van der Waals surface area contributed by atoms with E-state index in [2.05, 4.69) is 15.6 Å². The number of hydrogen-bond acceptors (Lipinski definition) is 3. The minimum Gasteiger partial charge on any atom is -0.275 e. The van der Waals surface area contributed by atoms with E-state index in [1.807, 2.05) is 0 Å². The van der Waals surface area contributed by atoms with Crippen molar-refractivity contribution in [1.82, 2.24) is 15.2 Å². The molecule has 0 aliphatic rings. The highest BCUT2D eigenvalue weighted by Crippen LogP contribution is 2.19. The minimum absolute atomic E-state index is 0.293. The van der Waals surface area contributed by atoms with Gasteiger partial charge >= 0.3 is 0 Å². The molecule has 1 aromatic heterocycles. The molecule has 2 aromatic rings. The minimum atomic E-state index is -0.387. The summed E-state index contributed by atoms with van der Waals surface area (Å²) in [6.07, 6.45) is 3.12. The fourth-order valence-corrected chi connectivity index (χ4v) is 1.82. The fourth-order valence-electron chi connectivity index (χ4n) is 1.36. The van der Waals surface area contributed by atoms with Crippen LogP contribution in [-0.4, -0.2) is 21.9 Å². The van der Waals surface area contributed by atoms with E-state index in [0.29, 0.717) is 21.3 Å². The molecule has 0 aliphatic carbocycles. The van der Waals surface area contributed by atoms with Crippen molar-refractivity contribution in [3.8, 4) is 0 Å². The summed E-state index contributed by atoms with van der Waals surface area (Å²) < 4.78 is 1.54. The van der Waals surface area contributed by atoms with E-state index in [4.69, 9.17) is 23.2 Å². The van der Waals surface area contributed by atoms with Crippen LogP contribution in [0.3, 0.4) is 0 Å². The summed E-state index contributed by atoms with van der Waals surface area (Å²) >= 11 is 11.7. The Hall–Kier alpha value is -1.85. The van der Waals surface area contributed by atoms with Gasteiger partial charge in [0.05, 0.1) is 11.2 Å². The van der Waals surface area contributed by atoms with Gasteiger partial charge in [0.1, 0.15) is 0 Å². The van der Waals surface area contributed by atoms with Crippen LogP contribution in [0.2, 0.25) is 10.0 Å². The standard InChI is InChI=1S/C12H10Cl2N4O/c1-18-5-4-11(17-18)12(19)16-15-7-8-2-3-9(13)6-10(8)14/h2-7H,1H3,(H,16,19). The molecule has 0 fully saturated rings. The Morgan fingerprint density at radius 2 is 2.21 bits per heavy atom. The predicted molar refractivity (Wildman–Crippen MR) is 74.7 cm³/mol. The fraction of sp³-hybridized carbons (Fsp3) is 0.0833. The molecule has 1 amide bonds. The van der Waals surface area contributed by atoms with Gasteiger partial charge in [0, 0.05) is 23.8 Å². The van der Waals surface area contributed by atoms with Gasteiger partial charge in [0.15, 0.2) is 5.69 Å². The van der Waals surface area contributed by atoms with Crippen LogP contribution in [0.4, 0.5) is 0 Å². The lowest BCUT2D eigenvalue weighted by atomic mass is 10.2. The van der Waals surface area contributed by atoms with Crippen LogP contribution in [-0.2, 0) is 7.05 Å². The zero-order valence-corrected chi connectivity index (χ0v) is 11.5. The molecule has 0 atom stereocenters. The van der Waals surface area contributed by atoms with Gasteiger partial charge in [-0.15, -0.1) is 0 Å². The molecule has 1 aromatic carbocycles. The Morgan fingerprint density at radius 3 is 2.84 bits per heavy atom. The van der Waals surface area contributed by atoms with Gasteiger partial charge in [0.25, 0.3) is 5.91 Å². The van der Waals surface area contributed by atoms with Gasteiger partial charge in [0.2, 0.25) is 0 Å². The number of nitrogens with one attached hydrogen (secondary N) is 1. The van der Waals surface area contributed by atoms with Crippen LogP contribution in [0.1, 0.15) is 16.1 Å². The molecule has 0 aliphatic heterocycles. The summed E-state index contributed by atoms with van der Waals surface area (Å²) in [7, 11) is 1.73. The number of aryl methyl sites for hydroxylation is 1. The van der Waals surface area contributed by atoms with Crippen molar-refractivity contribution in [1.29, 1.82) is 0 Å². The normalized spacial score (nSPS) is 10.9. The molecule has 2 rings (SSSR count). The largest absolute Gasteiger partial charge is 0.291 e. The van der Waals surface area contributed by atoms with Crippen LogP contribution >= 0.6 is 23.2 Å². The van der Waals surface area contributed by atoms with E-state index in [0.717, 1.165) is 0 Å². The number of carbonyl (C=O) groups excluding carboxylic acids is 1. The maximum absolute atomic E-state index is 11.6. The lowest BCUT2D eigenvalue weighted by Crippen LogP contribution is -2.18. The van der Waals surface area contributed by atoms with Crippen LogP contribution in [0.5, 0.6) is 0 Å². The first-order valence-electron chi connectivity index (χ1n) is 5.34. The number of hydrazone groups is 1. The third-order valence-electron chi connectivity index (χ3n) is 2.28. The number of aromatic nitrogens is 2. The Bertz CT molecular complexity index is 636. The molecule has 0 saturated heterocycles. The average Bonchev–Trinajstić information content (AvgIpc) is 2.78. The number of hydrogen-bond donors (Lipinski definition) is 1. The van der Waals surface area contributed by atoms with Gasteiger partial charge in [-0.2, -0.15) is 10.2 Å². The van der Waals surface area contributed by atoms with Gasteiger partial charge in [-0.1, -0.05) is 29.3 Å². The SMILES string of the molecule is Cn1ccc(C(=O)NN=Cc2ccc(Cl)cc2Cl)n1. The van der Waals surface area contributed by atoms with Crippen molar-refractivity contribution < 1.29 is 4.79 Å². The highest BCUT2D eigenvalue weighted by atomic mass is 35.5. The summed E-state index contributed by atoms with van der Waals surface area (Å²) in [5.74, 6) is -0.387. The first-order chi connectivity index (χ1) is 9.06. The van der Waals surface area contributed by atoms with Gasteiger partial charge in [-0.3, -0.25) is 9.48 Å². The van der Waals surface area contributed by atoms with E-state index in [9.17, 15) is 4.79 Å². The van der Waals surface area contributed by atoms with Gasteiger partial charge < -0.3 is 0 Å². The van der Waals surface area contributed by atoms with E-state index in [1.54, 1.807) is 37.5 Å².